The lowest BCUT2D eigenvalue weighted by Gasteiger charge is -2.09. The van der Waals surface area contributed by atoms with Gasteiger partial charge in [-0.1, -0.05) is 11.6 Å². The molecule has 0 saturated heterocycles. The van der Waals surface area contributed by atoms with Crippen molar-refractivity contribution in [3.05, 3.63) is 23.0 Å². The van der Waals surface area contributed by atoms with E-state index in [1.165, 1.54) is 0 Å². The Hall–Kier alpha value is -1.30. The van der Waals surface area contributed by atoms with Gasteiger partial charge in [0.05, 0.1) is 16.8 Å². The Morgan fingerprint density at radius 3 is 2.57 bits per heavy atom. The second-order valence-electron chi connectivity index (χ2n) is 2.21. The van der Waals surface area contributed by atoms with Crippen LogP contribution in [0.4, 0.5) is 13.2 Å². The molecular formula is C7H3ClF3NO2. The minimum Gasteiger partial charge on any atom is -0.403 e. The molecule has 1 aromatic heterocycles. The summed E-state index contributed by atoms with van der Waals surface area (Å²) in [5.41, 5.74) is -0.159. The van der Waals surface area contributed by atoms with Crippen LogP contribution >= 0.6 is 11.6 Å². The smallest absolute Gasteiger partial charge is 0.403 e. The number of alkyl halides is 3. The molecule has 0 aliphatic carbocycles. The van der Waals surface area contributed by atoms with Crippen molar-refractivity contribution in [3.63, 3.8) is 0 Å². The Morgan fingerprint density at radius 2 is 2.07 bits per heavy atom. The molecule has 3 nitrogen and oxygen atoms in total. The Kier molecular flexibility index (Phi) is 2.95. The van der Waals surface area contributed by atoms with E-state index >= 15 is 0 Å². The van der Waals surface area contributed by atoms with Crippen LogP contribution in [0.5, 0.6) is 5.75 Å². The molecule has 0 radical (unpaired) electrons. The molecule has 0 saturated carbocycles. The molecule has 1 heterocycles. The number of rotatable bonds is 2. The van der Waals surface area contributed by atoms with Crippen molar-refractivity contribution in [2.75, 3.05) is 0 Å². The van der Waals surface area contributed by atoms with Gasteiger partial charge in [-0.2, -0.15) is 0 Å². The average molecular weight is 226 g/mol. The quantitative estimate of drug-likeness (QED) is 0.726. The summed E-state index contributed by atoms with van der Waals surface area (Å²) in [5, 5.41) is -0.410. The third kappa shape index (κ3) is 2.59. The maximum absolute atomic E-state index is 11.8. The van der Waals surface area contributed by atoms with Gasteiger partial charge in [-0.05, 0) is 0 Å². The van der Waals surface area contributed by atoms with Crippen molar-refractivity contribution in [3.8, 4) is 5.75 Å². The number of nitrogens with zero attached hydrogens (tertiary/aromatic N) is 1. The summed E-state index contributed by atoms with van der Waals surface area (Å²) in [7, 11) is 0. The monoisotopic (exact) mass is 225 g/mol. The molecule has 0 spiro atoms. The van der Waals surface area contributed by atoms with E-state index in [-0.39, 0.29) is 5.56 Å². The molecule has 0 N–H and O–H groups in total. The zero-order valence-electron chi connectivity index (χ0n) is 6.51. The second kappa shape index (κ2) is 3.83. The molecule has 1 rings (SSSR count). The first-order valence-corrected chi connectivity index (χ1v) is 3.66. The second-order valence-corrected chi connectivity index (χ2v) is 2.58. The van der Waals surface area contributed by atoms with Gasteiger partial charge in [0, 0.05) is 6.20 Å². The number of pyridine rings is 1. The van der Waals surface area contributed by atoms with Crippen LogP contribution in [0.25, 0.3) is 0 Å². The first-order valence-electron chi connectivity index (χ1n) is 3.28. The molecule has 0 bridgehead atoms. The predicted molar refractivity (Wildman–Crippen MR) is 41.3 cm³/mol. The molecule has 0 atom stereocenters. The lowest BCUT2D eigenvalue weighted by atomic mass is 10.3. The van der Waals surface area contributed by atoms with Gasteiger partial charge in [-0.15, -0.1) is 13.2 Å². The fraction of sp³-hybridized carbons (Fsp3) is 0.143. The summed E-state index contributed by atoms with van der Waals surface area (Å²) < 4.78 is 38.8. The standard InChI is InChI=1S/C7H3ClF3NO2/c8-6-4(3-13)1-12-2-5(6)14-7(9,10)11/h1-3H. The minimum atomic E-state index is -4.85. The number of halogens is 4. The SMILES string of the molecule is O=Cc1cncc(OC(F)(F)F)c1Cl. The molecule has 0 fully saturated rings. The number of carbonyl (C=O) groups is 1. The van der Waals surface area contributed by atoms with E-state index in [9.17, 15) is 18.0 Å². The van der Waals surface area contributed by atoms with Crippen LogP contribution in [0, 0.1) is 0 Å². The summed E-state index contributed by atoms with van der Waals surface area (Å²) >= 11 is 5.42. The summed E-state index contributed by atoms with van der Waals surface area (Å²) in [6, 6.07) is 0. The molecule has 14 heavy (non-hydrogen) atoms. The van der Waals surface area contributed by atoms with Crippen LogP contribution in [0.2, 0.25) is 5.02 Å². The molecule has 1 aromatic rings. The average Bonchev–Trinajstić information content (AvgIpc) is 2.06. The van der Waals surface area contributed by atoms with E-state index in [1.807, 2.05) is 0 Å². The van der Waals surface area contributed by atoms with Crippen molar-refractivity contribution >= 4 is 17.9 Å². The first-order chi connectivity index (χ1) is 6.44. The van der Waals surface area contributed by atoms with Crippen molar-refractivity contribution in [1.82, 2.24) is 4.98 Å². The molecule has 7 heteroatoms. The molecular weight excluding hydrogens is 223 g/mol. The Bertz CT molecular complexity index is 353. The van der Waals surface area contributed by atoms with Gasteiger partial charge < -0.3 is 4.74 Å². The lowest BCUT2D eigenvalue weighted by molar-refractivity contribution is -0.274. The van der Waals surface area contributed by atoms with Gasteiger partial charge in [0.15, 0.2) is 12.0 Å². The van der Waals surface area contributed by atoms with Gasteiger partial charge >= 0.3 is 6.36 Å². The zero-order chi connectivity index (χ0) is 10.8. The van der Waals surface area contributed by atoms with Crippen molar-refractivity contribution < 1.29 is 22.7 Å². The highest BCUT2D eigenvalue weighted by Gasteiger charge is 2.32. The maximum atomic E-state index is 11.8. The fourth-order valence-corrected chi connectivity index (χ4v) is 0.900. The predicted octanol–water partition coefficient (Wildman–Crippen LogP) is 2.45. The van der Waals surface area contributed by atoms with E-state index in [4.69, 9.17) is 11.6 Å². The van der Waals surface area contributed by atoms with E-state index in [1.54, 1.807) is 0 Å². The molecule has 76 valence electrons. The Morgan fingerprint density at radius 1 is 1.43 bits per heavy atom. The van der Waals surface area contributed by atoms with Gasteiger partial charge in [0.25, 0.3) is 0 Å². The molecule has 0 aromatic carbocycles. The first kappa shape index (κ1) is 10.8. The Labute approximate surface area is 81.5 Å². The zero-order valence-corrected chi connectivity index (χ0v) is 7.26. The van der Waals surface area contributed by atoms with Gasteiger partial charge in [-0.25, -0.2) is 0 Å². The van der Waals surface area contributed by atoms with Crippen LogP contribution in [0.3, 0.4) is 0 Å². The number of aldehydes is 1. The van der Waals surface area contributed by atoms with Crippen LogP contribution in [0.15, 0.2) is 12.4 Å². The van der Waals surface area contributed by atoms with Gasteiger partial charge in [-0.3, -0.25) is 9.78 Å². The van der Waals surface area contributed by atoms with Crippen LogP contribution in [0.1, 0.15) is 10.4 Å². The van der Waals surface area contributed by atoms with E-state index in [2.05, 4.69) is 9.72 Å². The summed E-state index contributed by atoms with van der Waals surface area (Å²) in [6.07, 6.45) is -2.74. The fourth-order valence-electron chi connectivity index (χ4n) is 0.719. The lowest BCUT2D eigenvalue weighted by Crippen LogP contribution is -2.17. The van der Waals surface area contributed by atoms with E-state index in [0.717, 1.165) is 12.4 Å². The number of hydrogen-bond donors (Lipinski definition) is 0. The molecule has 0 aliphatic heterocycles. The van der Waals surface area contributed by atoms with E-state index < -0.39 is 17.1 Å². The third-order valence-corrected chi connectivity index (χ3v) is 1.63. The number of hydrogen-bond acceptors (Lipinski definition) is 3. The number of aromatic nitrogens is 1. The highest BCUT2D eigenvalue weighted by molar-refractivity contribution is 6.34. The molecule has 0 unspecified atom stereocenters. The number of ether oxygens (including phenoxy) is 1. The van der Waals surface area contributed by atoms with Crippen LogP contribution < -0.4 is 4.74 Å². The minimum absolute atomic E-state index is 0.159. The van der Waals surface area contributed by atoms with Crippen molar-refractivity contribution in [2.45, 2.75) is 6.36 Å². The molecule has 0 aliphatic rings. The largest absolute Gasteiger partial charge is 0.573 e. The van der Waals surface area contributed by atoms with Crippen molar-refractivity contribution in [2.24, 2.45) is 0 Å². The van der Waals surface area contributed by atoms with Crippen molar-refractivity contribution in [1.29, 1.82) is 0 Å². The topological polar surface area (TPSA) is 39.2 Å². The number of carbonyl (C=O) groups excluding carboxylic acids is 1. The molecule has 0 amide bonds. The summed E-state index contributed by atoms with van der Waals surface area (Å²) in [6.45, 7) is 0. The van der Waals surface area contributed by atoms with Crippen LogP contribution in [-0.4, -0.2) is 17.6 Å². The van der Waals surface area contributed by atoms with Gasteiger partial charge in [0.1, 0.15) is 0 Å². The summed E-state index contributed by atoms with van der Waals surface area (Å²) in [5.74, 6) is -0.691. The Balaban J connectivity index is 3.04. The van der Waals surface area contributed by atoms with E-state index in [0.29, 0.717) is 6.29 Å². The van der Waals surface area contributed by atoms with Crippen LogP contribution in [-0.2, 0) is 0 Å². The third-order valence-electron chi connectivity index (χ3n) is 1.23. The summed E-state index contributed by atoms with van der Waals surface area (Å²) in [4.78, 5) is 13.6. The highest BCUT2D eigenvalue weighted by Crippen LogP contribution is 2.30. The van der Waals surface area contributed by atoms with Gasteiger partial charge in [0.2, 0.25) is 0 Å². The highest BCUT2D eigenvalue weighted by atomic mass is 35.5. The maximum Gasteiger partial charge on any atom is 0.573 e. The normalized spacial score (nSPS) is 11.1.